The number of aryl methyl sites for hydroxylation is 1. The number of aliphatic hydroxyl groups is 1. The molecule has 0 fully saturated rings. The van der Waals surface area contributed by atoms with Gasteiger partial charge in [-0.1, -0.05) is 30.3 Å². The number of imidazole rings is 2. The van der Waals surface area contributed by atoms with Gasteiger partial charge in [0.15, 0.2) is 22.7 Å². The van der Waals surface area contributed by atoms with E-state index in [-0.39, 0.29) is 17.7 Å². The zero-order chi connectivity index (χ0) is 24.9. The normalized spacial score (nSPS) is 12.4. The summed E-state index contributed by atoms with van der Waals surface area (Å²) in [6.45, 7) is 0.168. The Labute approximate surface area is 199 Å². The second-order valence-corrected chi connectivity index (χ2v) is 8.28. The Hall–Kier alpha value is -4.31. The first-order chi connectivity index (χ1) is 16.8. The first kappa shape index (κ1) is 22.5. The van der Waals surface area contributed by atoms with E-state index in [1.54, 1.807) is 37.9 Å². The molecule has 10 heteroatoms. The molecule has 1 atom stereocenters. The SMILES string of the molecule is COc1ccc(-c2cn3c4c(=O)n(C)c(=O)n(C)c4nc3n2C[C@H](O)c2ccccc2)cc1OC. The summed E-state index contributed by atoms with van der Waals surface area (Å²) in [7, 11) is 6.14. The Bertz CT molecular complexity index is 1680. The number of fused-ring (bicyclic) bond motifs is 3. The van der Waals surface area contributed by atoms with Crippen LogP contribution in [-0.4, -0.2) is 42.4 Å². The van der Waals surface area contributed by atoms with Crippen LogP contribution < -0.4 is 20.7 Å². The van der Waals surface area contributed by atoms with Crippen molar-refractivity contribution in [2.45, 2.75) is 12.6 Å². The molecule has 2 aromatic carbocycles. The Morgan fingerprint density at radius 3 is 2.37 bits per heavy atom. The quantitative estimate of drug-likeness (QED) is 0.403. The lowest BCUT2D eigenvalue weighted by atomic mass is 10.1. The average molecular weight is 476 g/mol. The third kappa shape index (κ3) is 3.50. The summed E-state index contributed by atoms with van der Waals surface area (Å²) in [5, 5.41) is 11.1. The van der Waals surface area contributed by atoms with E-state index in [1.807, 2.05) is 47.0 Å². The number of rotatable bonds is 6. The third-order valence-electron chi connectivity index (χ3n) is 6.28. The molecule has 5 aromatic rings. The maximum atomic E-state index is 13.1. The van der Waals surface area contributed by atoms with Crippen LogP contribution in [0.2, 0.25) is 0 Å². The molecule has 3 heterocycles. The van der Waals surface area contributed by atoms with E-state index in [2.05, 4.69) is 4.98 Å². The highest BCUT2D eigenvalue weighted by molar-refractivity contribution is 5.78. The summed E-state index contributed by atoms with van der Waals surface area (Å²) in [5.41, 5.74) is 1.88. The van der Waals surface area contributed by atoms with Crippen molar-refractivity contribution in [3.05, 3.63) is 81.1 Å². The molecule has 0 spiro atoms. The van der Waals surface area contributed by atoms with Gasteiger partial charge in [-0.25, -0.2) is 4.79 Å². The maximum absolute atomic E-state index is 13.1. The molecule has 0 saturated heterocycles. The number of hydrogen-bond donors (Lipinski definition) is 1. The lowest BCUT2D eigenvalue weighted by molar-refractivity contribution is 0.158. The van der Waals surface area contributed by atoms with E-state index < -0.39 is 17.4 Å². The monoisotopic (exact) mass is 475 g/mol. The predicted molar refractivity (Wildman–Crippen MR) is 131 cm³/mol. The van der Waals surface area contributed by atoms with E-state index in [9.17, 15) is 14.7 Å². The first-order valence-corrected chi connectivity index (χ1v) is 11.0. The van der Waals surface area contributed by atoms with Crippen molar-refractivity contribution in [2.24, 2.45) is 14.1 Å². The van der Waals surface area contributed by atoms with Crippen molar-refractivity contribution < 1.29 is 14.6 Å². The highest BCUT2D eigenvalue weighted by atomic mass is 16.5. The largest absolute Gasteiger partial charge is 0.493 e. The number of aliphatic hydroxyl groups excluding tert-OH is 1. The number of nitrogens with zero attached hydrogens (tertiary/aromatic N) is 5. The second-order valence-electron chi connectivity index (χ2n) is 8.28. The van der Waals surface area contributed by atoms with Crippen molar-refractivity contribution in [1.82, 2.24) is 23.1 Å². The summed E-state index contributed by atoms with van der Waals surface area (Å²) in [6, 6.07) is 14.8. The number of methoxy groups -OCH3 is 2. The average Bonchev–Trinajstić information content (AvgIpc) is 3.43. The molecule has 0 unspecified atom stereocenters. The van der Waals surface area contributed by atoms with Crippen molar-refractivity contribution >= 4 is 16.9 Å². The minimum absolute atomic E-state index is 0.168. The minimum atomic E-state index is -0.835. The molecule has 0 bridgehead atoms. The molecule has 1 N–H and O–H groups in total. The zero-order valence-corrected chi connectivity index (χ0v) is 19.8. The number of hydrogen-bond acceptors (Lipinski definition) is 6. The molecular weight excluding hydrogens is 450 g/mol. The zero-order valence-electron chi connectivity index (χ0n) is 19.8. The van der Waals surface area contributed by atoms with Gasteiger partial charge >= 0.3 is 5.69 Å². The topological polar surface area (TPSA) is 105 Å². The molecule has 0 aliphatic heterocycles. The highest BCUT2D eigenvalue weighted by Crippen LogP contribution is 2.34. The van der Waals surface area contributed by atoms with Crippen LogP contribution in [0.1, 0.15) is 11.7 Å². The predicted octanol–water partition coefficient (Wildman–Crippen LogP) is 2.10. The fourth-order valence-corrected chi connectivity index (χ4v) is 4.37. The lowest BCUT2D eigenvalue weighted by Crippen LogP contribution is -2.37. The second kappa shape index (κ2) is 8.48. The summed E-state index contributed by atoms with van der Waals surface area (Å²) >= 11 is 0. The molecule has 0 radical (unpaired) electrons. The fraction of sp³-hybridized carbons (Fsp3) is 0.240. The summed E-state index contributed by atoms with van der Waals surface area (Å²) in [4.78, 5) is 30.2. The first-order valence-electron chi connectivity index (χ1n) is 11.0. The molecule has 180 valence electrons. The molecule has 0 amide bonds. The van der Waals surface area contributed by atoms with Crippen LogP contribution in [0.5, 0.6) is 11.5 Å². The van der Waals surface area contributed by atoms with Gasteiger partial charge in [0.05, 0.1) is 32.6 Å². The van der Waals surface area contributed by atoms with Gasteiger partial charge < -0.3 is 19.1 Å². The Morgan fingerprint density at radius 2 is 1.69 bits per heavy atom. The van der Waals surface area contributed by atoms with Crippen molar-refractivity contribution in [1.29, 1.82) is 0 Å². The standard InChI is InChI=1S/C25H25N5O5/c1-27-22-21(23(32)28(2)25(27)33)30-13-17(16-10-11-19(34-3)20(12-16)35-4)29(24(30)26-22)14-18(31)15-8-6-5-7-9-15/h5-13,18,31H,14H2,1-4H3/t18-/m0/s1. The van der Waals surface area contributed by atoms with Crippen LogP contribution in [0.4, 0.5) is 0 Å². The molecule has 5 rings (SSSR count). The van der Waals surface area contributed by atoms with Crippen LogP contribution in [0.25, 0.3) is 28.2 Å². The van der Waals surface area contributed by atoms with Gasteiger partial charge in [0.25, 0.3) is 5.56 Å². The molecule has 0 aliphatic carbocycles. The number of aromatic nitrogens is 5. The van der Waals surface area contributed by atoms with Gasteiger partial charge in [-0.3, -0.25) is 18.3 Å². The van der Waals surface area contributed by atoms with E-state index in [0.29, 0.717) is 23.0 Å². The van der Waals surface area contributed by atoms with Crippen molar-refractivity contribution in [2.75, 3.05) is 14.2 Å². The van der Waals surface area contributed by atoms with E-state index in [0.717, 1.165) is 15.7 Å². The highest BCUT2D eigenvalue weighted by Gasteiger charge is 2.23. The van der Waals surface area contributed by atoms with Crippen LogP contribution in [0.15, 0.2) is 64.3 Å². The van der Waals surface area contributed by atoms with Crippen LogP contribution in [-0.2, 0) is 20.6 Å². The summed E-state index contributed by atoms with van der Waals surface area (Å²) in [6.07, 6.45) is 0.952. The van der Waals surface area contributed by atoms with Gasteiger partial charge in [0.2, 0.25) is 5.78 Å². The molecule has 3 aromatic heterocycles. The van der Waals surface area contributed by atoms with Gasteiger partial charge in [0, 0.05) is 25.9 Å². The molecule has 10 nitrogen and oxygen atoms in total. The lowest BCUT2D eigenvalue weighted by Gasteiger charge is -2.16. The molecule has 0 saturated carbocycles. The summed E-state index contributed by atoms with van der Waals surface area (Å²) in [5.74, 6) is 1.55. The third-order valence-corrected chi connectivity index (χ3v) is 6.28. The van der Waals surface area contributed by atoms with Gasteiger partial charge in [-0.05, 0) is 23.8 Å². The van der Waals surface area contributed by atoms with Crippen LogP contribution in [0.3, 0.4) is 0 Å². The van der Waals surface area contributed by atoms with E-state index in [1.165, 1.54) is 11.6 Å². The van der Waals surface area contributed by atoms with Gasteiger partial charge in [0.1, 0.15) is 0 Å². The Kier molecular flexibility index (Phi) is 5.45. The van der Waals surface area contributed by atoms with Crippen molar-refractivity contribution in [3.8, 4) is 22.8 Å². The van der Waals surface area contributed by atoms with Crippen molar-refractivity contribution in [3.63, 3.8) is 0 Å². The minimum Gasteiger partial charge on any atom is -0.493 e. The van der Waals surface area contributed by atoms with E-state index >= 15 is 0 Å². The van der Waals surface area contributed by atoms with E-state index in [4.69, 9.17) is 9.47 Å². The van der Waals surface area contributed by atoms with Crippen LogP contribution in [0, 0.1) is 0 Å². The van der Waals surface area contributed by atoms with Gasteiger partial charge in [-0.2, -0.15) is 4.98 Å². The Morgan fingerprint density at radius 1 is 0.971 bits per heavy atom. The van der Waals surface area contributed by atoms with Crippen LogP contribution >= 0.6 is 0 Å². The fourth-order valence-electron chi connectivity index (χ4n) is 4.37. The summed E-state index contributed by atoms with van der Waals surface area (Å²) < 4.78 is 16.8. The smallest absolute Gasteiger partial charge is 0.332 e. The van der Waals surface area contributed by atoms with Gasteiger partial charge in [-0.15, -0.1) is 0 Å². The molecule has 35 heavy (non-hydrogen) atoms. The molecular formula is C25H25N5O5. The number of ether oxygens (including phenoxy) is 2. The number of benzene rings is 2. The Balaban J connectivity index is 1.80. The molecule has 0 aliphatic rings. The maximum Gasteiger partial charge on any atom is 0.332 e.